The van der Waals surface area contributed by atoms with Crippen LogP contribution < -0.4 is 14.9 Å². The van der Waals surface area contributed by atoms with Gasteiger partial charge in [0, 0.05) is 11.6 Å². The van der Waals surface area contributed by atoms with E-state index in [0.717, 1.165) is 11.1 Å². The van der Waals surface area contributed by atoms with E-state index in [4.69, 9.17) is 9.47 Å². The van der Waals surface area contributed by atoms with Crippen molar-refractivity contribution in [1.29, 1.82) is 0 Å². The smallest absolute Gasteiger partial charge is 0.277 e. The molecule has 0 aromatic heterocycles. The molecule has 0 bridgehead atoms. The number of amides is 1. The van der Waals surface area contributed by atoms with E-state index in [9.17, 15) is 9.90 Å². The highest BCUT2D eigenvalue weighted by molar-refractivity contribution is 5.85. The van der Waals surface area contributed by atoms with Gasteiger partial charge >= 0.3 is 0 Å². The van der Waals surface area contributed by atoms with E-state index in [1.54, 1.807) is 12.1 Å². The summed E-state index contributed by atoms with van der Waals surface area (Å²) in [7, 11) is 1.51. The van der Waals surface area contributed by atoms with Gasteiger partial charge < -0.3 is 14.6 Å². The number of hydrogen-bond donors (Lipinski definition) is 2. The average Bonchev–Trinajstić information content (AvgIpc) is 2.57. The highest BCUT2D eigenvalue weighted by atomic mass is 16.5. The van der Waals surface area contributed by atoms with Gasteiger partial charge in [-0.05, 0) is 49.2 Å². The molecule has 2 N–H and O–H groups in total. The molecule has 0 atom stereocenters. The monoisotopic (exact) mass is 328 g/mol. The van der Waals surface area contributed by atoms with Crippen LogP contribution in [0.3, 0.4) is 0 Å². The van der Waals surface area contributed by atoms with Gasteiger partial charge in [-0.15, -0.1) is 0 Å². The summed E-state index contributed by atoms with van der Waals surface area (Å²) in [5.41, 5.74) is 5.07. The van der Waals surface area contributed by atoms with Crippen molar-refractivity contribution in [3.8, 4) is 17.2 Å². The van der Waals surface area contributed by atoms with E-state index in [1.165, 1.54) is 19.4 Å². The number of nitrogens with one attached hydrogen (secondary N) is 1. The van der Waals surface area contributed by atoms with Crippen molar-refractivity contribution in [2.24, 2.45) is 5.10 Å². The van der Waals surface area contributed by atoms with Crippen LogP contribution >= 0.6 is 0 Å². The number of aromatic hydroxyl groups is 1. The zero-order chi connectivity index (χ0) is 17.5. The fraction of sp³-hybridized carbons (Fsp3) is 0.222. The average molecular weight is 328 g/mol. The van der Waals surface area contributed by atoms with Crippen LogP contribution in [0.2, 0.25) is 0 Å². The first-order valence-electron chi connectivity index (χ1n) is 7.38. The summed E-state index contributed by atoms with van der Waals surface area (Å²) in [5.74, 6) is 0.789. The van der Waals surface area contributed by atoms with Crippen molar-refractivity contribution >= 4 is 12.1 Å². The fourth-order valence-corrected chi connectivity index (χ4v) is 1.92. The Morgan fingerprint density at radius 1 is 1.17 bits per heavy atom. The number of hydrogen-bond acceptors (Lipinski definition) is 5. The number of ether oxygens (including phenoxy) is 2. The molecule has 0 saturated heterocycles. The molecular weight excluding hydrogens is 308 g/mol. The Kier molecular flexibility index (Phi) is 5.78. The zero-order valence-corrected chi connectivity index (χ0v) is 13.9. The molecule has 0 fully saturated rings. The summed E-state index contributed by atoms with van der Waals surface area (Å²) in [5, 5.41) is 13.6. The first-order chi connectivity index (χ1) is 11.5. The molecule has 6 heteroatoms. The molecule has 0 saturated carbocycles. The molecule has 24 heavy (non-hydrogen) atoms. The molecule has 2 aromatic carbocycles. The number of carbonyl (C=O) groups is 1. The minimum absolute atomic E-state index is 0.0127. The molecule has 2 aromatic rings. The Morgan fingerprint density at radius 2 is 1.92 bits per heavy atom. The minimum atomic E-state index is -0.391. The SMILES string of the molecule is COc1ccc(C=NNC(=O)COc2ccc(C)c(C)c2)c(O)c1. The van der Waals surface area contributed by atoms with Gasteiger partial charge in [0.2, 0.25) is 0 Å². The van der Waals surface area contributed by atoms with Crippen LogP contribution in [0.25, 0.3) is 0 Å². The molecule has 6 nitrogen and oxygen atoms in total. The predicted molar refractivity (Wildman–Crippen MR) is 91.8 cm³/mol. The van der Waals surface area contributed by atoms with E-state index in [1.807, 2.05) is 32.0 Å². The summed E-state index contributed by atoms with van der Waals surface area (Å²) in [4.78, 5) is 11.7. The number of rotatable bonds is 6. The van der Waals surface area contributed by atoms with Crippen LogP contribution in [0, 0.1) is 13.8 Å². The lowest BCUT2D eigenvalue weighted by molar-refractivity contribution is -0.123. The third-order valence-electron chi connectivity index (χ3n) is 3.48. The number of hydrazone groups is 1. The van der Waals surface area contributed by atoms with Gasteiger partial charge in [0.05, 0.1) is 13.3 Å². The lowest BCUT2D eigenvalue weighted by atomic mass is 10.1. The number of benzene rings is 2. The summed E-state index contributed by atoms with van der Waals surface area (Å²) in [6.45, 7) is 3.84. The Balaban J connectivity index is 1.85. The number of aryl methyl sites for hydroxylation is 2. The van der Waals surface area contributed by atoms with Crippen LogP contribution in [-0.4, -0.2) is 30.9 Å². The van der Waals surface area contributed by atoms with Crippen LogP contribution in [0.5, 0.6) is 17.2 Å². The third kappa shape index (κ3) is 4.74. The van der Waals surface area contributed by atoms with Crippen LogP contribution in [0.1, 0.15) is 16.7 Å². The van der Waals surface area contributed by atoms with Gasteiger partial charge in [-0.3, -0.25) is 4.79 Å². The second-order valence-corrected chi connectivity index (χ2v) is 5.25. The maximum Gasteiger partial charge on any atom is 0.277 e. The summed E-state index contributed by atoms with van der Waals surface area (Å²) in [6, 6.07) is 10.4. The van der Waals surface area contributed by atoms with Crippen molar-refractivity contribution in [2.75, 3.05) is 13.7 Å². The van der Waals surface area contributed by atoms with Gasteiger partial charge in [0.25, 0.3) is 5.91 Å². The lowest BCUT2D eigenvalue weighted by Crippen LogP contribution is -2.24. The molecule has 0 aliphatic heterocycles. The molecule has 2 rings (SSSR count). The third-order valence-corrected chi connectivity index (χ3v) is 3.48. The standard InChI is InChI=1S/C18H20N2O4/c1-12-4-6-16(8-13(12)2)24-11-18(22)20-19-10-14-5-7-15(23-3)9-17(14)21/h4-10,21H,11H2,1-3H3,(H,20,22). The Bertz CT molecular complexity index is 757. The van der Waals surface area contributed by atoms with Crippen molar-refractivity contribution in [1.82, 2.24) is 5.43 Å². The Morgan fingerprint density at radius 3 is 2.58 bits per heavy atom. The normalized spacial score (nSPS) is 10.6. The molecule has 0 spiro atoms. The van der Waals surface area contributed by atoms with E-state index in [-0.39, 0.29) is 12.4 Å². The number of phenolic OH excluding ortho intramolecular Hbond substituents is 1. The van der Waals surface area contributed by atoms with Crippen molar-refractivity contribution in [2.45, 2.75) is 13.8 Å². The topological polar surface area (TPSA) is 80.2 Å². The molecule has 0 unspecified atom stereocenters. The predicted octanol–water partition coefficient (Wildman–Crippen LogP) is 2.55. The highest BCUT2D eigenvalue weighted by Crippen LogP contribution is 2.21. The molecule has 0 heterocycles. The first kappa shape index (κ1) is 17.3. The van der Waals surface area contributed by atoms with E-state index >= 15 is 0 Å². The zero-order valence-electron chi connectivity index (χ0n) is 13.9. The maximum absolute atomic E-state index is 11.7. The lowest BCUT2D eigenvalue weighted by Gasteiger charge is -2.07. The van der Waals surface area contributed by atoms with E-state index < -0.39 is 5.91 Å². The summed E-state index contributed by atoms with van der Waals surface area (Å²) in [6.07, 6.45) is 1.35. The van der Waals surface area contributed by atoms with E-state index in [2.05, 4.69) is 10.5 Å². The number of carbonyl (C=O) groups excluding carboxylic acids is 1. The van der Waals surface area contributed by atoms with Gasteiger partial charge in [-0.2, -0.15) is 5.10 Å². The maximum atomic E-state index is 11.7. The van der Waals surface area contributed by atoms with Gasteiger partial charge in [-0.1, -0.05) is 6.07 Å². The summed E-state index contributed by atoms with van der Waals surface area (Å²) >= 11 is 0. The van der Waals surface area contributed by atoms with Gasteiger partial charge in [-0.25, -0.2) is 5.43 Å². The number of nitrogens with zero attached hydrogens (tertiary/aromatic N) is 1. The first-order valence-corrected chi connectivity index (χ1v) is 7.38. The van der Waals surface area contributed by atoms with Gasteiger partial charge in [0.15, 0.2) is 6.61 Å². The molecular formula is C18H20N2O4. The highest BCUT2D eigenvalue weighted by Gasteiger charge is 2.04. The quantitative estimate of drug-likeness (QED) is 0.631. The fourth-order valence-electron chi connectivity index (χ4n) is 1.92. The van der Waals surface area contributed by atoms with Crippen LogP contribution in [0.4, 0.5) is 0 Å². The van der Waals surface area contributed by atoms with Crippen LogP contribution in [0.15, 0.2) is 41.5 Å². The Labute approximate surface area is 140 Å². The van der Waals surface area contributed by atoms with Crippen molar-refractivity contribution in [3.63, 3.8) is 0 Å². The molecule has 126 valence electrons. The number of phenols is 1. The van der Waals surface area contributed by atoms with Crippen LogP contribution in [-0.2, 0) is 4.79 Å². The summed E-state index contributed by atoms with van der Waals surface area (Å²) < 4.78 is 10.4. The molecule has 1 amide bonds. The van der Waals surface area contributed by atoms with Crippen molar-refractivity contribution in [3.05, 3.63) is 53.1 Å². The molecule has 0 aliphatic rings. The Hall–Kier alpha value is -3.02. The molecule has 0 radical (unpaired) electrons. The second-order valence-electron chi connectivity index (χ2n) is 5.25. The number of methoxy groups -OCH3 is 1. The minimum Gasteiger partial charge on any atom is -0.507 e. The second kappa shape index (κ2) is 8.01. The van der Waals surface area contributed by atoms with Crippen molar-refractivity contribution < 1.29 is 19.4 Å². The van der Waals surface area contributed by atoms with Gasteiger partial charge in [0.1, 0.15) is 17.2 Å². The van der Waals surface area contributed by atoms with E-state index in [0.29, 0.717) is 17.1 Å². The largest absolute Gasteiger partial charge is 0.507 e. The molecule has 0 aliphatic carbocycles.